The van der Waals surface area contributed by atoms with Crippen molar-refractivity contribution < 1.29 is 9.53 Å². The lowest BCUT2D eigenvalue weighted by Crippen LogP contribution is -2.12. The second-order valence-corrected chi connectivity index (χ2v) is 7.23. The van der Waals surface area contributed by atoms with Crippen molar-refractivity contribution in [3.63, 3.8) is 0 Å². The summed E-state index contributed by atoms with van der Waals surface area (Å²) in [6, 6.07) is 17.1. The third-order valence-corrected chi connectivity index (χ3v) is 4.83. The molecule has 0 unspecified atom stereocenters. The number of aromatic nitrogens is 4. The number of hydrogen-bond donors (Lipinski definition) is 2. The van der Waals surface area contributed by atoms with Crippen molar-refractivity contribution in [2.24, 2.45) is 0 Å². The van der Waals surface area contributed by atoms with E-state index in [1.807, 2.05) is 72.3 Å². The van der Waals surface area contributed by atoms with Gasteiger partial charge < -0.3 is 15.4 Å². The Bertz CT molecular complexity index is 1170. The van der Waals surface area contributed by atoms with Crippen LogP contribution in [-0.4, -0.2) is 32.5 Å². The van der Waals surface area contributed by atoms with Gasteiger partial charge in [-0.15, -0.1) is 0 Å². The number of rotatable bonds is 8. The van der Waals surface area contributed by atoms with E-state index in [1.54, 1.807) is 19.6 Å². The van der Waals surface area contributed by atoms with E-state index in [1.165, 1.54) is 0 Å². The number of amides is 1. The molecule has 32 heavy (non-hydrogen) atoms. The number of benzene rings is 2. The van der Waals surface area contributed by atoms with Gasteiger partial charge in [0.2, 0.25) is 5.91 Å². The monoisotopic (exact) mass is 428 g/mol. The Kier molecular flexibility index (Phi) is 6.41. The van der Waals surface area contributed by atoms with Gasteiger partial charge in [-0.05, 0) is 55.3 Å². The maximum atomic E-state index is 12.3. The third kappa shape index (κ3) is 5.48. The zero-order chi connectivity index (χ0) is 22.3. The van der Waals surface area contributed by atoms with Crippen LogP contribution < -0.4 is 15.4 Å². The summed E-state index contributed by atoms with van der Waals surface area (Å²) in [5, 5.41) is 6.21. The maximum Gasteiger partial charge on any atom is 0.224 e. The molecular weight excluding hydrogens is 404 g/mol. The molecule has 4 rings (SSSR count). The fourth-order valence-corrected chi connectivity index (χ4v) is 3.20. The number of imidazole rings is 1. The molecule has 0 fully saturated rings. The van der Waals surface area contributed by atoms with Gasteiger partial charge in [-0.1, -0.05) is 12.1 Å². The Morgan fingerprint density at radius 1 is 1.03 bits per heavy atom. The molecule has 2 aromatic heterocycles. The molecule has 0 aliphatic rings. The number of nitrogens with one attached hydrogen (secondary N) is 2. The minimum absolute atomic E-state index is 0.0297. The van der Waals surface area contributed by atoms with Crippen molar-refractivity contribution in [1.29, 1.82) is 0 Å². The average Bonchev–Trinajstić information content (AvgIpc) is 3.34. The Hall–Kier alpha value is -4.20. The second kappa shape index (κ2) is 9.74. The van der Waals surface area contributed by atoms with Crippen LogP contribution in [0.2, 0.25) is 0 Å². The summed E-state index contributed by atoms with van der Waals surface area (Å²) in [6.45, 7) is 1.84. The van der Waals surface area contributed by atoms with Crippen molar-refractivity contribution in [2.45, 2.75) is 19.8 Å². The van der Waals surface area contributed by atoms with Crippen molar-refractivity contribution in [1.82, 2.24) is 19.5 Å². The first-order chi connectivity index (χ1) is 15.6. The van der Waals surface area contributed by atoms with Gasteiger partial charge in [0.25, 0.3) is 0 Å². The van der Waals surface area contributed by atoms with E-state index in [0.29, 0.717) is 24.5 Å². The zero-order valence-corrected chi connectivity index (χ0v) is 17.9. The van der Waals surface area contributed by atoms with Gasteiger partial charge in [-0.3, -0.25) is 9.36 Å². The summed E-state index contributed by atoms with van der Waals surface area (Å²) in [5.74, 6) is 2.84. The highest BCUT2D eigenvalue weighted by Gasteiger charge is 2.06. The molecule has 1 amide bonds. The Morgan fingerprint density at radius 2 is 1.78 bits per heavy atom. The Morgan fingerprint density at radius 3 is 2.47 bits per heavy atom. The first-order valence-electron chi connectivity index (χ1n) is 10.2. The average molecular weight is 428 g/mol. The normalized spacial score (nSPS) is 10.6. The fraction of sp³-hybridized carbons (Fsp3) is 0.167. The van der Waals surface area contributed by atoms with E-state index >= 15 is 0 Å². The molecule has 8 nitrogen and oxygen atoms in total. The first-order valence-corrected chi connectivity index (χ1v) is 10.2. The smallest absolute Gasteiger partial charge is 0.224 e. The van der Waals surface area contributed by atoms with Crippen LogP contribution in [0.1, 0.15) is 17.8 Å². The van der Waals surface area contributed by atoms with Gasteiger partial charge in [0.05, 0.1) is 7.11 Å². The lowest BCUT2D eigenvalue weighted by molar-refractivity contribution is -0.116. The van der Waals surface area contributed by atoms with Crippen LogP contribution in [0.5, 0.6) is 5.75 Å². The van der Waals surface area contributed by atoms with Crippen molar-refractivity contribution in [3.05, 3.63) is 84.7 Å². The van der Waals surface area contributed by atoms with E-state index in [2.05, 4.69) is 25.6 Å². The predicted octanol–water partition coefficient (Wildman–Crippen LogP) is 4.29. The largest absolute Gasteiger partial charge is 0.497 e. The molecule has 0 aliphatic carbocycles. The van der Waals surface area contributed by atoms with Crippen LogP contribution in [0.25, 0.3) is 5.82 Å². The molecule has 2 heterocycles. The number of ether oxygens (including phenoxy) is 1. The summed E-state index contributed by atoms with van der Waals surface area (Å²) in [6.07, 6.45) is 6.30. The Labute approximate surface area is 186 Å². The topological polar surface area (TPSA) is 94.0 Å². The van der Waals surface area contributed by atoms with Crippen LogP contribution in [-0.2, 0) is 11.2 Å². The third-order valence-electron chi connectivity index (χ3n) is 4.83. The number of nitrogens with zero attached hydrogens (tertiary/aromatic N) is 4. The summed E-state index contributed by atoms with van der Waals surface area (Å²) < 4.78 is 6.98. The van der Waals surface area contributed by atoms with E-state index in [9.17, 15) is 4.79 Å². The van der Waals surface area contributed by atoms with E-state index in [-0.39, 0.29) is 5.91 Å². The van der Waals surface area contributed by atoms with Gasteiger partial charge in [0.15, 0.2) is 0 Å². The van der Waals surface area contributed by atoms with Gasteiger partial charge in [-0.2, -0.15) is 0 Å². The van der Waals surface area contributed by atoms with E-state index in [4.69, 9.17) is 4.74 Å². The maximum absolute atomic E-state index is 12.3. The van der Waals surface area contributed by atoms with Gasteiger partial charge >= 0.3 is 0 Å². The van der Waals surface area contributed by atoms with Gasteiger partial charge in [0.1, 0.15) is 29.5 Å². The number of carbonyl (C=O) groups is 1. The standard InChI is InChI=1S/C24H24N6O2/c1-17-26-22(15-23(27-17)30-14-13-25-16-30)28-19-6-8-20(9-7-19)29-24(31)12-5-18-3-10-21(32-2)11-4-18/h3-4,6-11,13-16H,5,12H2,1-2H3,(H,29,31)(H,26,27,28). The molecule has 4 aromatic rings. The minimum Gasteiger partial charge on any atom is -0.497 e. The molecule has 0 saturated heterocycles. The molecule has 2 N–H and O–H groups in total. The fourth-order valence-electron chi connectivity index (χ4n) is 3.20. The Balaban J connectivity index is 1.33. The van der Waals surface area contributed by atoms with Crippen LogP contribution in [0.3, 0.4) is 0 Å². The van der Waals surface area contributed by atoms with Crippen LogP contribution >= 0.6 is 0 Å². The molecule has 2 aromatic carbocycles. The van der Waals surface area contributed by atoms with Crippen molar-refractivity contribution >= 4 is 23.1 Å². The summed E-state index contributed by atoms with van der Waals surface area (Å²) >= 11 is 0. The first kappa shape index (κ1) is 21.0. The molecule has 162 valence electrons. The highest BCUT2D eigenvalue weighted by molar-refractivity contribution is 5.91. The minimum atomic E-state index is -0.0297. The quantitative estimate of drug-likeness (QED) is 0.435. The zero-order valence-electron chi connectivity index (χ0n) is 17.9. The van der Waals surface area contributed by atoms with Crippen LogP contribution in [0.4, 0.5) is 17.2 Å². The SMILES string of the molecule is COc1ccc(CCC(=O)Nc2ccc(Nc3cc(-n4ccnc4)nc(C)n3)cc2)cc1. The van der Waals surface area contributed by atoms with E-state index in [0.717, 1.165) is 28.5 Å². The predicted molar refractivity (Wildman–Crippen MR) is 124 cm³/mol. The molecule has 0 radical (unpaired) electrons. The molecule has 0 aliphatic heterocycles. The molecule has 0 spiro atoms. The molecule has 0 atom stereocenters. The van der Waals surface area contributed by atoms with Gasteiger partial charge in [-0.25, -0.2) is 15.0 Å². The lowest BCUT2D eigenvalue weighted by Gasteiger charge is -2.10. The lowest BCUT2D eigenvalue weighted by atomic mass is 10.1. The van der Waals surface area contributed by atoms with Crippen LogP contribution in [0.15, 0.2) is 73.3 Å². The molecule has 8 heteroatoms. The van der Waals surface area contributed by atoms with Gasteiger partial charge in [0, 0.05) is 36.3 Å². The second-order valence-electron chi connectivity index (χ2n) is 7.23. The highest BCUT2D eigenvalue weighted by atomic mass is 16.5. The van der Waals surface area contributed by atoms with Crippen LogP contribution in [0, 0.1) is 6.92 Å². The molecular formula is C24H24N6O2. The number of hydrogen-bond acceptors (Lipinski definition) is 6. The summed E-state index contributed by atoms with van der Waals surface area (Å²) in [5.41, 5.74) is 2.69. The van der Waals surface area contributed by atoms with E-state index < -0.39 is 0 Å². The van der Waals surface area contributed by atoms with Crippen molar-refractivity contribution in [3.8, 4) is 11.6 Å². The highest BCUT2D eigenvalue weighted by Crippen LogP contribution is 2.20. The van der Waals surface area contributed by atoms with Crippen molar-refractivity contribution in [2.75, 3.05) is 17.7 Å². The number of carbonyl (C=O) groups excluding carboxylic acids is 1. The number of methoxy groups -OCH3 is 1. The molecule has 0 saturated carbocycles. The molecule has 0 bridgehead atoms. The number of aryl methyl sites for hydroxylation is 2. The summed E-state index contributed by atoms with van der Waals surface area (Å²) in [7, 11) is 1.64. The number of anilines is 3. The summed E-state index contributed by atoms with van der Waals surface area (Å²) in [4.78, 5) is 25.2.